The third kappa shape index (κ3) is 4.47. The van der Waals surface area contributed by atoms with Crippen LogP contribution < -0.4 is 10.5 Å². The average Bonchev–Trinajstić information content (AvgIpc) is 2.44. The van der Waals surface area contributed by atoms with Gasteiger partial charge in [0, 0.05) is 0 Å². The number of hydrogen-bond donors (Lipinski definition) is 1. The number of amidine groups is 1. The lowest BCUT2D eigenvalue weighted by molar-refractivity contribution is 0.303. The van der Waals surface area contributed by atoms with Crippen LogP contribution in [0.15, 0.2) is 22.6 Å². The highest BCUT2D eigenvalue weighted by atomic mass is 32.2. The van der Waals surface area contributed by atoms with Crippen LogP contribution in [0, 0.1) is 0 Å². The van der Waals surface area contributed by atoms with Crippen LogP contribution in [0.5, 0.6) is 5.75 Å². The van der Waals surface area contributed by atoms with Gasteiger partial charge in [0.25, 0.3) is 10.0 Å². The van der Waals surface area contributed by atoms with Crippen LogP contribution in [0.4, 0.5) is 0 Å². The van der Waals surface area contributed by atoms with Crippen LogP contribution in [-0.4, -0.2) is 20.9 Å². The van der Waals surface area contributed by atoms with Crippen molar-refractivity contribution in [3.8, 4) is 5.75 Å². The monoisotopic (exact) mass is 324 g/mol. The summed E-state index contributed by atoms with van der Waals surface area (Å²) in [7, 11) is -3.49. The van der Waals surface area contributed by atoms with Gasteiger partial charge in [-0.2, -0.15) is 0 Å². The standard InChI is InChI=1S/C16H24N2O3S/c1-2-3-4-5-6-7-11-21-14-10-8-9-13-12-22(19,20)18-16(17)15(13)14/h8-10H,2-7,11-12H2,1H3,(H2,17,18). The van der Waals surface area contributed by atoms with Crippen molar-refractivity contribution in [2.24, 2.45) is 10.1 Å². The Labute approximate surface area is 132 Å². The Bertz CT molecular complexity index is 639. The molecule has 0 aliphatic carbocycles. The minimum atomic E-state index is -3.49. The van der Waals surface area contributed by atoms with E-state index in [1.54, 1.807) is 12.1 Å². The van der Waals surface area contributed by atoms with Crippen LogP contribution in [-0.2, 0) is 15.8 Å². The van der Waals surface area contributed by atoms with Gasteiger partial charge < -0.3 is 10.5 Å². The molecule has 2 N–H and O–H groups in total. The summed E-state index contributed by atoms with van der Waals surface area (Å²) in [5.41, 5.74) is 7.09. The molecule has 6 heteroatoms. The van der Waals surface area contributed by atoms with Gasteiger partial charge in [-0.1, -0.05) is 51.2 Å². The maximum absolute atomic E-state index is 11.6. The van der Waals surface area contributed by atoms with E-state index in [1.807, 2.05) is 6.07 Å². The highest BCUT2D eigenvalue weighted by molar-refractivity contribution is 7.89. The second kappa shape index (κ2) is 7.63. The molecular weight excluding hydrogens is 300 g/mol. The molecule has 1 aliphatic rings. The molecule has 1 aliphatic heterocycles. The second-order valence-electron chi connectivity index (χ2n) is 5.61. The normalized spacial score (nSPS) is 16.0. The van der Waals surface area contributed by atoms with Crippen molar-refractivity contribution >= 4 is 15.9 Å². The molecular formula is C16H24N2O3S. The zero-order chi connectivity index (χ0) is 16.0. The van der Waals surface area contributed by atoms with Crippen molar-refractivity contribution < 1.29 is 13.2 Å². The SMILES string of the molecule is CCCCCCCCOc1cccc2c1C(N)=NS(=O)(=O)C2. The Hall–Kier alpha value is -1.56. The van der Waals surface area contributed by atoms with E-state index in [2.05, 4.69) is 11.3 Å². The predicted octanol–water partition coefficient (Wildman–Crippen LogP) is 2.97. The summed E-state index contributed by atoms with van der Waals surface area (Å²) >= 11 is 0. The molecule has 0 unspecified atom stereocenters. The minimum Gasteiger partial charge on any atom is -0.493 e. The van der Waals surface area contributed by atoms with Crippen LogP contribution in [0.25, 0.3) is 0 Å². The summed E-state index contributed by atoms with van der Waals surface area (Å²) in [6.45, 7) is 2.82. The first-order valence-corrected chi connectivity index (χ1v) is 9.47. The van der Waals surface area contributed by atoms with E-state index >= 15 is 0 Å². The fraction of sp³-hybridized carbons (Fsp3) is 0.562. The van der Waals surface area contributed by atoms with Crippen molar-refractivity contribution in [2.45, 2.75) is 51.2 Å². The lowest BCUT2D eigenvalue weighted by Gasteiger charge is -2.18. The summed E-state index contributed by atoms with van der Waals surface area (Å²) in [5, 5.41) is 0. The summed E-state index contributed by atoms with van der Waals surface area (Å²) in [6.07, 6.45) is 7.17. The van der Waals surface area contributed by atoms with E-state index in [9.17, 15) is 8.42 Å². The van der Waals surface area contributed by atoms with Gasteiger partial charge in [-0.25, -0.2) is 8.42 Å². The first-order chi connectivity index (χ1) is 10.5. The zero-order valence-corrected chi connectivity index (χ0v) is 13.9. The van der Waals surface area contributed by atoms with E-state index in [-0.39, 0.29) is 11.6 Å². The molecule has 0 aromatic heterocycles. The molecule has 2 rings (SSSR count). The zero-order valence-electron chi connectivity index (χ0n) is 13.0. The van der Waals surface area contributed by atoms with Crippen LogP contribution >= 0.6 is 0 Å². The molecule has 22 heavy (non-hydrogen) atoms. The number of nitrogens with zero attached hydrogens (tertiary/aromatic N) is 1. The first-order valence-electron chi connectivity index (χ1n) is 7.86. The Morgan fingerprint density at radius 2 is 1.91 bits per heavy atom. The van der Waals surface area contributed by atoms with Gasteiger partial charge in [0.15, 0.2) is 0 Å². The number of rotatable bonds is 8. The number of unbranched alkanes of at least 4 members (excludes halogenated alkanes) is 5. The van der Waals surface area contributed by atoms with E-state index in [0.717, 1.165) is 12.8 Å². The molecule has 1 aromatic carbocycles. The number of benzene rings is 1. The summed E-state index contributed by atoms with van der Waals surface area (Å²) < 4.78 is 32.6. The molecule has 0 amide bonds. The van der Waals surface area contributed by atoms with Crippen LogP contribution in [0.1, 0.15) is 56.6 Å². The molecule has 5 nitrogen and oxygen atoms in total. The predicted molar refractivity (Wildman–Crippen MR) is 88.7 cm³/mol. The third-order valence-corrected chi connectivity index (χ3v) is 4.85. The Balaban J connectivity index is 1.94. The van der Waals surface area contributed by atoms with Gasteiger partial charge in [-0.05, 0) is 18.1 Å². The summed E-state index contributed by atoms with van der Waals surface area (Å²) in [6, 6.07) is 5.37. The van der Waals surface area contributed by atoms with Gasteiger partial charge in [0.05, 0.1) is 17.9 Å². The highest BCUT2D eigenvalue weighted by Crippen LogP contribution is 2.28. The molecule has 122 valence electrons. The maximum atomic E-state index is 11.6. The smallest absolute Gasteiger partial charge is 0.259 e. The molecule has 0 saturated carbocycles. The molecule has 0 bridgehead atoms. The summed E-state index contributed by atoms with van der Waals surface area (Å²) in [5.74, 6) is 0.541. The molecule has 1 aromatic rings. The van der Waals surface area contributed by atoms with Crippen LogP contribution in [0.3, 0.4) is 0 Å². The van der Waals surface area contributed by atoms with Gasteiger partial charge in [0.1, 0.15) is 11.6 Å². The number of fused-ring (bicyclic) bond motifs is 1. The number of hydrogen-bond acceptors (Lipinski definition) is 4. The van der Waals surface area contributed by atoms with Gasteiger partial charge >= 0.3 is 0 Å². The highest BCUT2D eigenvalue weighted by Gasteiger charge is 2.24. The Kier molecular flexibility index (Phi) is 5.83. The fourth-order valence-corrected chi connectivity index (χ4v) is 3.69. The fourth-order valence-electron chi connectivity index (χ4n) is 2.60. The topological polar surface area (TPSA) is 81.8 Å². The lowest BCUT2D eigenvalue weighted by Crippen LogP contribution is -2.24. The number of ether oxygens (including phenoxy) is 1. The number of nitrogens with two attached hydrogens (primary N) is 1. The Morgan fingerprint density at radius 1 is 1.18 bits per heavy atom. The average molecular weight is 324 g/mol. The molecule has 0 spiro atoms. The molecule has 0 saturated heterocycles. The van der Waals surface area contributed by atoms with E-state index in [0.29, 0.717) is 23.5 Å². The molecule has 0 radical (unpaired) electrons. The van der Waals surface area contributed by atoms with E-state index < -0.39 is 10.0 Å². The quantitative estimate of drug-likeness (QED) is 0.745. The van der Waals surface area contributed by atoms with Crippen molar-refractivity contribution in [1.29, 1.82) is 0 Å². The van der Waals surface area contributed by atoms with Gasteiger partial charge in [-0.3, -0.25) is 0 Å². The van der Waals surface area contributed by atoms with Crippen LogP contribution in [0.2, 0.25) is 0 Å². The van der Waals surface area contributed by atoms with Crippen molar-refractivity contribution in [3.05, 3.63) is 29.3 Å². The lowest BCUT2D eigenvalue weighted by atomic mass is 10.1. The van der Waals surface area contributed by atoms with Crippen molar-refractivity contribution in [2.75, 3.05) is 6.61 Å². The Morgan fingerprint density at radius 3 is 2.68 bits per heavy atom. The van der Waals surface area contributed by atoms with Crippen molar-refractivity contribution in [1.82, 2.24) is 0 Å². The van der Waals surface area contributed by atoms with E-state index in [4.69, 9.17) is 10.5 Å². The minimum absolute atomic E-state index is 0.0276. The molecule has 0 fully saturated rings. The number of sulfonamides is 1. The van der Waals surface area contributed by atoms with Crippen molar-refractivity contribution in [3.63, 3.8) is 0 Å². The second-order valence-corrected chi connectivity index (χ2v) is 7.24. The molecule has 1 heterocycles. The maximum Gasteiger partial charge on any atom is 0.259 e. The largest absolute Gasteiger partial charge is 0.493 e. The van der Waals surface area contributed by atoms with Gasteiger partial charge in [-0.15, -0.1) is 4.40 Å². The first kappa shape index (κ1) is 16.8. The van der Waals surface area contributed by atoms with Gasteiger partial charge in [0.2, 0.25) is 0 Å². The summed E-state index contributed by atoms with van der Waals surface area (Å²) in [4.78, 5) is 0. The molecule has 0 atom stereocenters. The third-order valence-electron chi connectivity index (χ3n) is 3.70. The van der Waals surface area contributed by atoms with E-state index in [1.165, 1.54) is 25.7 Å².